The van der Waals surface area contributed by atoms with Crippen molar-refractivity contribution in [1.82, 2.24) is 9.97 Å². The summed E-state index contributed by atoms with van der Waals surface area (Å²) in [7, 11) is -1.45. The topological polar surface area (TPSA) is 72.7 Å². The second-order valence-electron chi connectivity index (χ2n) is 12.9. The van der Waals surface area contributed by atoms with Gasteiger partial charge < -0.3 is 19.8 Å². The van der Waals surface area contributed by atoms with Gasteiger partial charge in [0, 0.05) is 62.3 Å². The molecule has 0 fully saturated rings. The van der Waals surface area contributed by atoms with E-state index in [4.69, 9.17) is 10.0 Å². The van der Waals surface area contributed by atoms with E-state index in [1.165, 1.54) is 48.5 Å². The molecule has 2 N–H and O–H groups in total. The van der Waals surface area contributed by atoms with E-state index < -0.39 is 7.12 Å². The zero-order chi connectivity index (χ0) is 40.0. The molecule has 284 valence electrons. The van der Waals surface area contributed by atoms with Crippen LogP contribution in [0.5, 0.6) is 0 Å². The average molecular weight is 987 g/mol. The predicted octanol–water partition coefficient (Wildman–Crippen LogP) is 13.4. The lowest BCUT2D eigenvalue weighted by molar-refractivity contribution is 0.424. The van der Waals surface area contributed by atoms with Crippen molar-refractivity contribution in [3.63, 3.8) is 0 Å². The molecule has 6 aromatic carbocycles. The summed E-state index contributed by atoms with van der Waals surface area (Å²) >= 11 is 14.5. The molecule has 12 heteroatoms. The monoisotopic (exact) mass is 984 g/mol. The Morgan fingerprint density at radius 2 is 0.828 bits per heavy atom. The molecule has 0 saturated heterocycles. The summed E-state index contributed by atoms with van der Waals surface area (Å²) < 4.78 is 3.16. The van der Waals surface area contributed by atoms with Gasteiger partial charge in [0.05, 0.1) is 34.0 Å². The van der Waals surface area contributed by atoms with Crippen LogP contribution in [0.4, 0.5) is 34.1 Å². The molecule has 0 aliphatic carbocycles. The van der Waals surface area contributed by atoms with Crippen molar-refractivity contribution in [1.29, 1.82) is 0 Å². The predicted molar refractivity (Wildman–Crippen MR) is 251 cm³/mol. The van der Waals surface area contributed by atoms with Gasteiger partial charge in [0.25, 0.3) is 0 Å². The molecule has 58 heavy (non-hydrogen) atoms. The van der Waals surface area contributed by atoms with Gasteiger partial charge in [0.1, 0.15) is 0 Å². The van der Waals surface area contributed by atoms with Crippen LogP contribution < -0.4 is 15.4 Å². The summed E-state index contributed by atoms with van der Waals surface area (Å²) in [5.41, 5.74) is 9.43. The molecule has 10 rings (SSSR count). The molecule has 0 spiro atoms. The van der Waals surface area contributed by atoms with Gasteiger partial charge in [-0.2, -0.15) is 0 Å². The van der Waals surface area contributed by atoms with Gasteiger partial charge in [-0.15, -0.1) is 0 Å². The lowest BCUT2D eigenvalue weighted by atomic mass is 9.86. The van der Waals surface area contributed by atoms with E-state index in [9.17, 15) is 0 Å². The molecule has 0 radical (unpaired) electrons. The Bertz CT molecular complexity index is 2580. The maximum absolute atomic E-state index is 8.52. The summed E-state index contributed by atoms with van der Waals surface area (Å²) in [4.78, 5) is 17.9. The molecular weight excluding hydrogens is 955 g/mol. The highest BCUT2D eigenvalue weighted by Gasteiger charge is 2.26. The van der Waals surface area contributed by atoms with Crippen LogP contribution in [0.1, 0.15) is 0 Å². The number of rotatable bonds is 4. The fourth-order valence-corrected chi connectivity index (χ4v) is 10.4. The van der Waals surface area contributed by atoms with E-state index in [0.717, 1.165) is 36.1 Å². The molecule has 2 aliphatic rings. The van der Waals surface area contributed by atoms with E-state index in [0.29, 0.717) is 0 Å². The first-order valence-corrected chi connectivity index (χ1v) is 22.1. The van der Waals surface area contributed by atoms with Crippen LogP contribution in [0.3, 0.4) is 0 Å². The SMILES string of the molecule is Brc1cc(-c2ccccn2)cc(N2c3ccccc3Sc3ccccc32)c1.Brc1cc(Br)cc(N2c3ccccc3Sc3ccccc32)c1.OB(O)c1ccccn1. The number of hydrogen-bond donors (Lipinski definition) is 2. The van der Waals surface area contributed by atoms with Crippen molar-refractivity contribution in [3.8, 4) is 11.3 Å². The highest BCUT2D eigenvalue weighted by atomic mass is 79.9. The van der Waals surface area contributed by atoms with Crippen LogP contribution in [-0.4, -0.2) is 27.1 Å². The van der Waals surface area contributed by atoms with Crippen LogP contribution in [0, 0.1) is 0 Å². The normalized spacial score (nSPS) is 12.0. The summed E-state index contributed by atoms with van der Waals surface area (Å²) in [5, 5.41) is 17.0. The van der Waals surface area contributed by atoms with Gasteiger partial charge >= 0.3 is 7.12 Å². The van der Waals surface area contributed by atoms with Crippen molar-refractivity contribution < 1.29 is 10.0 Å². The highest BCUT2D eigenvalue weighted by molar-refractivity contribution is 9.11. The number of fused-ring (bicyclic) bond motifs is 4. The third-order valence-electron chi connectivity index (χ3n) is 9.02. The molecule has 2 aliphatic heterocycles. The number of halogens is 3. The largest absolute Gasteiger partial charge is 0.508 e. The zero-order valence-electron chi connectivity index (χ0n) is 30.5. The second kappa shape index (κ2) is 18.5. The maximum atomic E-state index is 8.52. The average Bonchev–Trinajstić information content (AvgIpc) is 3.25. The smallest absolute Gasteiger partial charge is 0.422 e. The van der Waals surface area contributed by atoms with Gasteiger partial charge in [0.2, 0.25) is 0 Å². The molecular formula is C46H32BBr3N4O2S2. The van der Waals surface area contributed by atoms with E-state index in [1.807, 2.05) is 47.9 Å². The van der Waals surface area contributed by atoms with E-state index in [-0.39, 0.29) is 5.59 Å². The van der Waals surface area contributed by atoms with Gasteiger partial charge in [-0.3, -0.25) is 9.97 Å². The maximum Gasteiger partial charge on any atom is 0.508 e. The number of para-hydroxylation sites is 4. The van der Waals surface area contributed by atoms with Gasteiger partial charge in [-0.1, -0.05) is 132 Å². The fourth-order valence-electron chi connectivity index (χ4n) is 6.55. The molecule has 0 amide bonds. The Balaban J connectivity index is 0.000000136. The highest BCUT2D eigenvalue weighted by Crippen LogP contribution is 2.53. The summed E-state index contributed by atoms with van der Waals surface area (Å²) in [6.45, 7) is 0. The Hall–Kier alpha value is -4.66. The minimum absolute atomic E-state index is 0.275. The minimum Gasteiger partial charge on any atom is -0.422 e. The van der Waals surface area contributed by atoms with Crippen LogP contribution in [0.15, 0.2) is 215 Å². The first-order valence-electron chi connectivity index (χ1n) is 18.1. The van der Waals surface area contributed by atoms with E-state index >= 15 is 0 Å². The van der Waals surface area contributed by atoms with Crippen molar-refractivity contribution in [3.05, 3.63) is 196 Å². The zero-order valence-corrected chi connectivity index (χ0v) is 36.9. The Labute approximate surface area is 371 Å². The standard InChI is InChI=1S/C23H15BrN2S.C18H11Br2NS.C5H6BNO2/c24-17-13-16(19-7-5-6-12-25-19)14-18(15-17)26-20-8-1-3-10-22(20)27-23-11-4-2-9-21(23)26;19-12-9-13(20)11-14(10-12)21-15-5-1-3-7-17(15)22-18-8-4-2-6-16(18)21;8-6(9)5-3-1-2-4-7-5/h1-15H;1-11H;1-4,8-9H. The van der Waals surface area contributed by atoms with E-state index in [1.54, 1.807) is 18.2 Å². The first-order chi connectivity index (χ1) is 28.3. The minimum atomic E-state index is -1.45. The Morgan fingerprint density at radius 3 is 1.22 bits per heavy atom. The third-order valence-corrected chi connectivity index (χ3v) is 12.7. The summed E-state index contributed by atoms with van der Waals surface area (Å²) in [6, 6.07) is 58.0. The van der Waals surface area contributed by atoms with Gasteiger partial charge in [-0.05, 0) is 109 Å². The Morgan fingerprint density at radius 1 is 0.431 bits per heavy atom. The molecule has 0 atom stereocenters. The molecule has 0 bridgehead atoms. The van der Waals surface area contributed by atoms with Crippen LogP contribution in [0.25, 0.3) is 11.3 Å². The van der Waals surface area contributed by atoms with Gasteiger partial charge in [0.15, 0.2) is 0 Å². The molecule has 2 aromatic heterocycles. The van der Waals surface area contributed by atoms with E-state index in [2.05, 4.69) is 201 Å². The van der Waals surface area contributed by atoms with Crippen molar-refractivity contribution in [2.24, 2.45) is 0 Å². The fraction of sp³-hybridized carbons (Fsp3) is 0. The molecule has 4 heterocycles. The number of hydrogen-bond acceptors (Lipinski definition) is 8. The van der Waals surface area contributed by atoms with Crippen LogP contribution in [0.2, 0.25) is 0 Å². The quantitative estimate of drug-likeness (QED) is 0.169. The molecule has 0 saturated carbocycles. The van der Waals surface area contributed by atoms with Gasteiger partial charge in [-0.25, -0.2) is 0 Å². The lowest BCUT2D eigenvalue weighted by Gasteiger charge is -2.33. The van der Waals surface area contributed by atoms with Crippen molar-refractivity contribution >= 4 is 118 Å². The number of aromatic nitrogens is 2. The van der Waals surface area contributed by atoms with Crippen LogP contribution in [-0.2, 0) is 0 Å². The van der Waals surface area contributed by atoms with Crippen LogP contribution >= 0.6 is 71.3 Å². The number of anilines is 6. The second-order valence-corrected chi connectivity index (χ2v) is 17.8. The molecule has 6 nitrogen and oxygen atoms in total. The third kappa shape index (κ3) is 9.14. The van der Waals surface area contributed by atoms with Crippen molar-refractivity contribution in [2.75, 3.05) is 9.80 Å². The summed E-state index contributed by atoms with van der Waals surface area (Å²) in [6.07, 6.45) is 3.34. The number of benzene rings is 6. The summed E-state index contributed by atoms with van der Waals surface area (Å²) in [5.74, 6) is 0. The number of nitrogens with zero attached hydrogens (tertiary/aromatic N) is 4. The molecule has 0 unspecified atom stereocenters. The van der Waals surface area contributed by atoms with Crippen molar-refractivity contribution in [2.45, 2.75) is 19.6 Å². The lowest BCUT2D eigenvalue weighted by Crippen LogP contribution is -2.31. The molecule has 8 aromatic rings. The number of pyridine rings is 2. The first kappa shape index (κ1) is 40.1. The Kier molecular flexibility index (Phi) is 12.8.